The summed E-state index contributed by atoms with van der Waals surface area (Å²) in [7, 11) is 0. The van der Waals surface area contributed by atoms with Crippen LogP contribution in [-0.4, -0.2) is 6.98 Å². The van der Waals surface area contributed by atoms with E-state index in [1.54, 1.807) is 12.1 Å². The second kappa shape index (κ2) is 5.18. The maximum Gasteiger partial charge on any atom is 1.00 e. The second-order valence-corrected chi connectivity index (χ2v) is 3.26. The first kappa shape index (κ1) is 14.2. The van der Waals surface area contributed by atoms with Gasteiger partial charge in [-0.15, -0.1) is 0 Å². The van der Waals surface area contributed by atoms with Crippen molar-refractivity contribution in [3.05, 3.63) is 42.2 Å². The summed E-state index contributed by atoms with van der Waals surface area (Å²) in [6.07, 6.45) is 0. The molecule has 78 valence electrons. The molecule has 0 unspecified atom stereocenters. The van der Waals surface area contributed by atoms with Crippen LogP contribution in [0.1, 0.15) is 0 Å². The minimum absolute atomic E-state index is 0. The zero-order chi connectivity index (χ0) is 11.1. The number of hydrogen-bond acceptors (Lipinski definition) is 0. The minimum atomic E-state index is -5.29. The van der Waals surface area contributed by atoms with E-state index in [4.69, 9.17) is 0 Å². The third kappa shape index (κ3) is 2.68. The van der Waals surface area contributed by atoms with Gasteiger partial charge in [-0.25, -0.2) is 4.39 Å². The molecular weight excluding hydrogens is 246 g/mol. The Kier molecular flexibility index (Phi) is 4.59. The van der Waals surface area contributed by atoms with Crippen molar-refractivity contribution in [3.8, 4) is 0 Å². The molecule has 0 aromatic heterocycles. The van der Waals surface area contributed by atoms with Crippen LogP contribution in [0.15, 0.2) is 36.4 Å². The average molecular weight is 252 g/mol. The van der Waals surface area contributed by atoms with Crippen molar-refractivity contribution in [3.63, 3.8) is 0 Å². The second-order valence-electron chi connectivity index (χ2n) is 3.26. The van der Waals surface area contributed by atoms with Gasteiger partial charge in [0, 0.05) is 5.39 Å². The third-order valence-corrected chi connectivity index (χ3v) is 2.25. The van der Waals surface area contributed by atoms with Crippen LogP contribution < -0.4 is 56.8 Å². The fourth-order valence-corrected chi connectivity index (χ4v) is 1.50. The Morgan fingerprint density at radius 1 is 0.875 bits per heavy atom. The predicted molar refractivity (Wildman–Crippen MR) is 52.6 cm³/mol. The fraction of sp³-hybridized carbons (Fsp3) is 0. The molecule has 2 aromatic rings. The Bertz CT molecular complexity index is 510. The number of benzene rings is 2. The third-order valence-electron chi connectivity index (χ3n) is 2.25. The largest absolute Gasteiger partial charge is 1.00 e. The Labute approximate surface area is 133 Å². The summed E-state index contributed by atoms with van der Waals surface area (Å²) in [6, 6.07) is 8.15. The molecule has 0 aliphatic heterocycles. The van der Waals surface area contributed by atoms with Crippen LogP contribution in [0.5, 0.6) is 0 Å². The number of fused-ring (bicyclic) bond motifs is 1. The zero-order valence-corrected chi connectivity index (χ0v) is 11.7. The number of hydrogen-bond donors (Lipinski definition) is 0. The summed E-state index contributed by atoms with van der Waals surface area (Å²) in [5.41, 5.74) is -1.16. The molecule has 2 aromatic carbocycles. The molecule has 0 aliphatic carbocycles. The molecule has 0 atom stereocenters. The van der Waals surface area contributed by atoms with Gasteiger partial charge < -0.3 is 12.9 Å². The van der Waals surface area contributed by atoms with E-state index >= 15 is 0 Å². The topological polar surface area (TPSA) is 0 Å². The molecule has 0 radical (unpaired) electrons. The van der Waals surface area contributed by atoms with E-state index in [9.17, 15) is 17.3 Å². The molecule has 0 nitrogen and oxygen atoms in total. The van der Waals surface area contributed by atoms with Crippen LogP contribution in [0.3, 0.4) is 0 Å². The fourth-order valence-electron chi connectivity index (χ4n) is 1.50. The summed E-state index contributed by atoms with van der Waals surface area (Å²) in [6.45, 7) is -5.29. The smallest absolute Gasteiger partial charge is 0.445 e. The molecular formula is C10H6BF4K. The molecule has 0 fully saturated rings. The van der Waals surface area contributed by atoms with E-state index in [2.05, 4.69) is 0 Å². The molecule has 2 rings (SSSR count). The first-order valence-electron chi connectivity index (χ1n) is 4.37. The summed E-state index contributed by atoms with van der Waals surface area (Å²) in [4.78, 5) is 0. The average Bonchev–Trinajstić information content (AvgIpc) is 2.16. The van der Waals surface area contributed by atoms with Crippen molar-refractivity contribution in [2.24, 2.45) is 0 Å². The Morgan fingerprint density at radius 3 is 2.12 bits per heavy atom. The van der Waals surface area contributed by atoms with Crippen LogP contribution in [0.25, 0.3) is 10.8 Å². The molecule has 0 saturated heterocycles. The number of rotatable bonds is 1. The summed E-state index contributed by atoms with van der Waals surface area (Å²) in [5, 5.41) is 0.480. The van der Waals surface area contributed by atoms with Crippen molar-refractivity contribution in [1.82, 2.24) is 0 Å². The van der Waals surface area contributed by atoms with Crippen molar-refractivity contribution >= 4 is 23.2 Å². The van der Waals surface area contributed by atoms with E-state index in [-0.39, 0.29) is 56.8 Å². The maximum absolute atomic E-state index is 13.5. The van der Waals surface area contributed by atoms with E-state index in [1.807, 2.05) is 0 Å². The van der Waals surface area contributed by atoms with Crippen LogP contribution >= 0.6 is 0 Å². The van der Waals surface area contributed by atoms with Crippen LogP contribution in [-0.2, 0) is 0 Å². The van der Waals surface area contributed by atoms with Gasteiger partial charge in [-0.1, -0.05) is 41.9 Å². The SMILES string of the molecule is Fc1c([B-](F)(F)F)ccc2ccccc12.[K+]. The number of halogens is 4. The molecule has 6 heteroatoms. The standard InChI is InChI=1S/C10H6BF4.K/c12-10-8-4-2-1-3-7(8)5-6-9(10)11(13,14)15;/h1-6H;/q-1;+1. The van der Waals surface area contributed by atoms with Crippen molar-refractivity contribution in [1.29, 1.82) is 0 Å². The normalized spacial score (nSPS) is 11.2. The maximum atomic E-state index is 13.5. The van der Waals surface area contributed by atoms with E-state index in [0.717, 1.165) is 6.07 Å². The minimum Gasteiger partial charge on any atom is -0.445 e. The van der Waals surface area contributed by atoms with Gasteiger partial charge in [0.2, 0.25) is 0 Å². The van der Waals surface area contributed by atoms with Gasteiger partial charge in [-0.2, -0.15) is 0 Å². The molecule has 0 bridgehead atoms. The molecule has 0 saturated carbocycles. The van der Waals surface area contributed by atoms with Gasteiger partial charge in [-0.05, 0) is 5.39 Å². The molecule has 0 heterocycles. The van der Waals surface area contributed by atoms with Crippen LogP contribution in [0.4, 0.5) is 17.3 Å². The summed E-state index contributed by atoms with van der Waals surface area (Å²) < 4.78 is 50.7. The van der Waals surface area contributed by atoms with Gasteiger partial charge in [0.25, 0.3) is 0 Å². The van der Waals surface area contributed by atoms with E-state index in [1.165, 1.54) is 18.2 Å². The Hall–Kier alpha value is 0.121. The zero-order valence-electron chi connectivity index (χ0n) is 8.55. The van der Waals surface area contributed by atoms with E-state index in [0.29, 0.717) is 5.39 Å². The first-order valence-corrected chi connectivity index (χ1v) is 4.37. The van der Waals surface area contributed by atoms with Crippen molar-refractivity contribution in [2.45, 2.75) is 0 Å². The van der Waals surface area contributed by atoms with Crippen molar-refractivity contribution < 1.29 is 68.7 Å². The molecule has 0 spiro atoms. The van der Waals surface area contributed by atoms with Gasteiger partial charge in [0.15, 0.2) is 0 Å². The summed E-state index contributed by atoms with van der Waals surface area (Å²) in [5.74, 6) is -1.18. The van der Waals surface area contributed by atoms with Crippen LogP contribution in [0, 0.1) is 5.82 Å². The Balaban J connectivity index is 0.00000128. The van der Waals surface area contributed by atoms with Gasteiger partial charge in [0.1, 0.15) is 5.82 Å². The molecule has 0 amide bonds. The van der Waals surface area contributed by atoms with Gasteiger partial charge >= 0.3 is 58.4 Å². The van der Waals surface area contributed by atoms with Crippen LogP contribution in [0.2, 0.25) is 0 Å². The van der Waals surface area contributed by atoms with Gasteiger partial charge in [0.05, 0.1) is 0 Å². The monoisotopic (exact) mass is 252 g/mol. The van der Waals surface area contributed by atoms with Gasteiger partial charge in [-0.3, -0.25) is 0 Å². The van der Waals surface area contributed by atoms with E-state index < -0.39 is 18.3 Å². The molecule has 0 aliphatic rings. The van der Waals surface area contributed by atoms with Crippen molar-refractivity contribution in [2.75, 3.05) is 0 Å². The predicted octanol–water partition coefficient (Wildman–Crippen LogP) is 0.0373. The quantitative estimate of drug-likeness (QED) is 0.496. The summed E-state index contributed by atoms with van der Waals surface area (Å²) >= 11 is 0. The molecule has 0 N–H and O–H groups in total. The molecule has 16 heavy (non-hydrogen) atoms. The first-order chi connectivity index (χ1) is 7.00. The Morgan fingerprint density at radius 2 is 1.50 bits per heavy atom.